The number of aryl methyl sites for hydroxylation is 1. The predicted molar refractivity (Wildman–Crippen MR) is 115 cm³/mol. The van der Waals surface area contributed by atoms with Gasteiger partial charge in [-0.2, -0.15) is 0 Å². The second kappa shape index (κ2) is 8.63. The molecule has 2 aromatic rings. The average Bonchev–Trinajstić information content (AvgIpc) is 2.67. The molecule has 3 rings (SSSR count). The van der Waals surface area contributed by atoms with Gasteiger partial charge in [-0.15, -0.1) is 0 Å². The lowest BCUT2D eigenvalue weighted by Crippen LogP contribution is -2.54. The molecule has 2 aromatic carbocycles. The Balaban J connectivity index is 2.05. The molecule has 0 aromatic heterocycles. The molecule has 0 radical (unpaired) electrons. The van der Waals surface area contributed by atoms with Gasteiger partial charge >= 0.3 is 6.03 Å². The Hall–Kier alpha value is -2.90. The number of halogens is 2. The highest BCUT2D eigenvalue weighted by Crippen LogP contribution is 2.29. The summed E-state index contributed by atoms with van der Waals surface area (Å²) in [6.07, 6.45) is 2.97. The minimum Gasteiger partial charge on any atom is -0.489 e. The van der Waals surface area contributed by atoms with E-state index in [0.29, 0.717) is 16.3 Å². The Bertz CT molecular complexity index is 1060. The van der Waals surface area contributed by atoms with Gasteiger partial charge in [0.2, 0.25) is 0 Å². The van der Waals surface area contributed by atoms with Crippen LogP contribution in [0.5, 0.6) is 5.75 Å². The van der Waals surface area contributed by atoms with E-state index in [0.717, 1.165) is 14.9 Å². The van der Waals surface area contributed by atoms with Gasteiger partial charge in [0.1, 0.15) is 17.9 Å². The lowest BCUT2D eigenvalue weighted by atomic mass is 10.1. The zero-order valence-electron chi connectivity index (χ0n) is 15.4. The van der Waals surface area contributed by atoms with Crippen LogP contribution in [-0.2, 0) is 9.59 Å². The minimum atomic E-state index is -0.838. The van der Waals surface area contributed by atoms with Gasteiger partial charge in [0.15, 0.2) is 0 Å². The fourth-order valence-electron chi connectivity index (χ4n) is 2.68. The van der Waals surface area contributed by atoms with Crippen LogP contribution in [0.15, 0.2) is 59.1 Å². The van der Waals surface area contributed by atoms with Crippen LogP contribution in [0.2, 0.25) is 5.02 Å². The highest BCUT2D eigenvalue weighted by atomic mass is 79.9. The predicted octanol–water partition coefficient (Wildman–Crippen LogP) is 4.64. The van der Waals surface area contributed by atoms with Crippen molar-refractivity contribution in [3.8, 4) is 5.75 Å². The molecule has 8 heteroatoms. The van der Waals surface area contributed by atoms with Crippen molar-refractivity contribution in [3.05, 3.63) is 75.2 Å². The van der Waals surface area contributed by atoms with E-state index in [-0.39, 0.29) is 17.9 Å². The summed E-state index contributed by atoms with van der Waals surface area (Å²) in [5.41, 5.74) is 1.35. The van der Waals surface area contributed by atoms with E-state index in [1.54, 1.807) is 43.3 Å². The molecule has 1 heterocycles. The Labute approximate surface area is 180 Å². The maximum atomic E-state index is 13.0. The molecule has 6 nitrogen and oxygen atoms in total. The lowest BCUT2D eigenvalue weighted by Gasteiger charge is -2.26. The molecular formula is C21H16BrClN2O4. The van der Waals surface area contributed by atoms with Crippen molar-refractivity contribution in [3.63, 3.8) is 0 Å². The van der Waals surface area contributed by atoms with Gasteiger partial charge in [-0.25, -0.2) is 9.69 Å². The van der Waals surface area contributed by atoms with E-state index in [4.69, 9.17) is 16.3 Å². The first kappa shape index (κ1) is 20.8. The number of carbonyl (C=O) groups is 3. The molecule has 148 valence electrons. The summed E-state index contributed by atoms with van der Waals surface area (Å²) in [4.78, 5) is 38.6. The average molecular weight is 476 g/mol. The number of amides is 4. The Morgan fingerprint density at radius 1 is 1.21 bits per heavy atom. The van der Waals surface area contributed by atoms with E-state index in [1.807, 2.05) is 0 Å². The molecule has 0 bridgehead atoms. The fourth-order valence-corrected chi connectivity index (χ4v) is 3.23. The first-order valence-corrected chi connectivity index (χ1v) is 9.69. The van der Waals surface area contributed by atoms with E-state index in [2.05, 4.69) is 27.8 Å². The van der Waals surface area contributed by atoms with Crippen molar-refractivity contribution in [1.29, 1.82) is 0 Å². The zero-order valence-corrected chi connectivity index (χ0v) is 17.7. The van der Waals surface area contributed by atoms with Crippen LogP contribution in [0.25, 0.3) is 6.08 Å². The number of rotatable bonds is 5. The van der Waals surface area contributed by atoms with E-state index in [9.17, 15) is 14.4 Å². The summed E-state index contributed by atoms with van der Waals surface area (Å²) < 4.78 is 6.32. The number of anilines is 1. The number of benzene rings is 2. The molecule has 0 aliphatic carbocycles. The van der Waals surface area contributed by atoms with Gasteiger partial charge < -0.3 is 4.74 Å². The van der Waals surface area contributed by atoms with Crippen molar-refractivity contribution in [2.24, 2.45) is 0 Å². The summed E-state index contributed by atoms with van der Waals surface area (Å²) in [5, 5.41) is 2.59. The maximum Gasteiger partial charge on any atom is 0.335 e. The Morgan fingerprint density at radius 3 is 2.66 bits per heavy atom. The second-order valence-electron chi connectivity index (χ2n) is 6.17. The van der Waals surface area contributed by atoms with E-state index < -0.39 is 17.8 Å². The summed E-state index contributed by atoms with van der Waals surface area (Å²) in [7, 11) is 0. The van der Waals surface area contributed by atoms with Crippen LogP contribution < -0.4 is 15.0 Å². The van der Waals surface area contributed by atoms with Gasteiger partial charge in [0, 0.05) is 15.1 Å². The summed E-state index contributed by atoms with van der Waals surface area (Å²) in [6, 6.07) is 9.11. The largest absolute Gasteiger partial charge is 0.489 e. The fraction of sp³-hybridized carbons (Fsp3) is 0.0952. The molecule has 0 saturated carbocycles. The standard InChI is InChI=1S/C21H16BrClN2O4/c1-3-8-29-18-7-5-14(22)9-13(18)10-16-19(26)24-21(28)25(20(16)27)15-6-4-12(2)17(23)11-15/h3-7,9-11H,1,8H2,2H3,(H,24,26,28)/b16-10+. The Kier molecular flexibility index (Phi) is 6.20. The van der Waals surface area contributed by atoms with Crippen LogP contribution in [-0.4, -0.2) is 24.5 Å². The summed E-state index contributed by atoms with van der Waals surface area (Å²) in [6.45, 7) is 5.66. The summed E-state index contributed by atoms with van der Waals surface area (Å²) >= 11 is 9.49. The van der Waals surface area contributed by atoms with Crippen molar-refractivity contribution in [2.75, 3.05) is 11.5 Å². The molecule has 1 N–H and O–H groups in total. The number of carbonyl (C=O) groups excluding carboxylic acids is 3. The number of barbiturate groups is 1. The number of ether oxygens (including phenoxy) is 1. The molecule has 4 amide bonds. The highest BCUT2D eigenvalue weighted by molar-refractivity contribution is 9.10. The second-order valence-corrected chi connectivity index (χ2v) is 7.50. The van der Waals surface area contributed by atoms with Crippen LogP contribution in [0.4, 0.5) is 10.5 Å². The maximum absolute atomic E-state index is 13.0. The van der Waals surface area contributed by atoms with Gasteiger partial charge in [0.25, 0.3) is 11.8 Å². The van der Waals surface area contributed by atoms with Crippen LogP contribution in [0.1, 0.15) is 11.1 Å². The summed E-state index contributed by atoms with van der Waals surface area (Å²) in [5.74, 6) is -1.08. The van der Waals surface area contributed by atoms with Crippen molar-refractivity contribution >= 4 is 57.1 Å². The number of hydrogen-bond donors (Lipinski definition) is 1. The number of nitrogens with one attached hydrogen (secondary N) is 1. The van der Waals surface area contributed by atoms with Crippen molar-refractivity contribution in [2.45, 2.75) is 6.92 Å². The zero-order chi connectivity index (χ0) is 21.1. The molecule has 29 heavy (non-hydrogen) atoms. The van der Waals surface area contributed by atoms with Gasteiger partial charge in [0.05, 0.1) is 5.69 Å². The molecule has 0 spiro atoms. The quantitative estimate of drug-likeness (QED) is 0.388. The molecule has 1 saturated heterocycles. The smallest absolute Gasteiger partial charge is 0.335 e. The lowest BCUT2D eigenvalue weighted by molar-refractivity contribution is -0.122. The number of imide groups is 2. The first-order valence-electron chi connectivity index (χ1n) is 8.52. The molecule has 0 atom stereocenters. The Morgan fingerprint density at radius 2 is 1.97 bits per heavy atom. The molecule has 0 unspecified atom stereocenters. The van der Waals surface area contributed by atoms with Crippen LogP contribution >= 0.6 is 27.5 Å². The number of urea groups is 1. The third-order valence-electron chi connectivity index (χ3n) is 4.14. The molecule has 1 aliphatic heterocycles. The SMILES string of the molecule is C=CCOc1ccc(Br)cc1/C=C1\C(=O)NC(=O)N(c2ccc(C)c(Cl)c2)C1=O. The third-order valence-corrected chi connectivity index (χ3v) is 5.04. The van der Waals surface area contributed by atoms with Gasteiger partial charge in [-0.3, -0.25) is 14.9 Å². The third kappa shape index (κ3) is 4.41. The molecular weight excluding hydrogens is 460 g/mol. The first-order chi connectivity index (χ1) is 13.8. The van der Waals surface area contributed by atoms with Crippen molar-refractivity contribution in [1.82, 2.24) is 5.32 Å². The molecule has 1 aliphatic rings. The number of hydrogen-bond acceptors (Lipinski definition) is 4. The minimum absolute atomic E-state index is 0.206. The van der Waals surface area contributed by atoms with Crippen molar-refractivity contribution < 1.29 is 19.1 Å². The number of nitrogens with zero attached hydrogens (tertiary/aromatic N) is 1. The normalized spacial score (nSPS) is 15.5. The highest BCUT2D eigenvalue weighted by Gasteiger charge is 2.37. The van der Waals surface area contributed by atoms with Crippen LogP contribution in [0.3, 0.4) is 0 Å². The monoisotopic (exact) mass is 474 g/mol. The van der Waals surface area contributed by atoms with E-state index in [1.165, 1.54) is 12.1 Å². The van der Waals surface area contributed by atoms with Gasteiger partial charge in [-0.1, -0.05) is 46.3 Å². The molecule has 1 fully saturated rings. The van der Waals surface area contributed by atoms with Crippen LogP contribution in [0, 0.1) is 6.92 Å². The topological polar surface area (TPSA) is 75.7 Å². The van der Waals surface area contributed by atoms with Gasteiger partial charge in [-0.05, 0) is 48.9 Å². The van der Waals surface area contributed by atoms with E-state index >= 15 is 0 Å².